The summed E-state index contributed by atoms with van der Waals surface area (Å²) >= 11 is 0. The third-order valence-electron chi connectivity index (χ3n) is 6.01. The molecular formula is C21H33N3O. The minimum atomic E-state index is 0.362. The van der Waals surface area contributed by atoms with Gasteiger partial charge in [-0.05, 0) is 65.6 Å². The van der Waals surface area contributed by atoms with E-state index in [0.717, 1.165) is 17.9 Å². The summed E-state index contributed by atoms with van der Waals surface area (Å²) in [6.07, 6.45) is 8.33. The summed E-state index contributed by atoms with van der Waals surface area (Å²) in [5, 5.41) is 0. The molecule has 1 aromatic rings. The van der Waals surface area contributed by atoms with Crippen LogP contribution in [0.5, 0.6) is 5.75 Å². The Balaban J connectivity index is 1.65. The zero-order valence-electron chi connectivity index (χ0n) is 16.1. The van der Waals surface area contributed by atoms with Crippen molar-refractivity contribution >= 4 is 6.08 Å². The number of rotatable bonds is 4. The summed E-state index contributed by atoms with van der Waals surface area (Å²) in [6.45, 7) is 7.05. The van der Waals surface area contributed by atoms with E-state index >= 15 is 0 Å². The van der Waals surface area contributed by atoms with Gasteiger partial charge in [-0.15, -0.1) is 0 Å². The molecule has 2 heterocycles. The number of likely N-dealkylation sites (tertiary alicyclic amines) is 1. The maximum absolute atomic E-state index is 5.45. The summed E-state index contributed by atoms with van der Waals surface area (Å²) in [4.78, 5) is 7.75. The van der Waals surface area contributed by atoms with E-state index in [2.05, 4.69) is 53.1 Å². The van der Waals surface area contributed by atoms with Gasteiger partial charge < -0.3 is 9.64 Å². The Kier molecular flexibility index (Phi) is 6.15. The highest BCUT2D eigenvalue weighted by atomic mass is 16.5. The van der Waals surface area contributed by atoms with E-state index in [0.29, 0.717) is 5.54 Å². The van der Waals surface area contributed by atoms with Crippen LogP contribution in [0.3, 0.4) is 0 Å². The van der Waals surface area contributed by atoms with Crippen LogP contribution < -0.4 is 4.74 Å². The molecule has 25 heavy (non-hydrogen) atoms. The number of nitrogens with zero attached hydrogens (tertiary/aromatic N) is 3. The number of para-hydroxylation sites is 1. The molecule has 2 aliphatic heterocycles. The smallest absolute Gasteiger partial charge is 0.126 e. The average molecular weight is 344 g/mol. The van der Waals surface area contributed by atoms with Crippen molar-refractivity contribution < 1.29 is 4.74 Å². The van der Waals surface area contributed by atoms with E-state index in [-0.39, 0.29) is 0 Å². The highest BCUT2D eigenvalue weighted by Crippen LogP contribution is 2.30. The Morgan fingerprint density at radius 1 is 1.08 bits per heavy atom. The fraction of sp³-hybridized carbons (Fsp3) is 0.619. The van der Waals surface area contributed by atoms with Crippen LogP contribution in [0.2, 0.25) is 0 Å². The van der Waals surface area contributed by atoms with Crippen molar-refractivity contribution in [3.63, 3.8) is 0 Å². The van der Waals surface area contributed by atoms with Crippen molar-refractivity contribution in [3.05, 3.63) is 35.9 Å². The molecule has 4 nitrogen and oxygen atoms in total. The van der Waals surface area contributed by atoms with Crippen LogP contribution >= 0.6 is 0 Å². The summed E-state index contributed by atoms with van der Waals surface area (Å²) < 4.78 is 5.45. The van der Waals surface area contributed by atoms with Gasteiger partial charge in [0.25, 0.3) is 0 Å². The number of hydrogen-bond donors (Lipinski definition) is 0. The molecule has 4 heteroatoms. The monoisotopic (exact) mass is 343 g/mol. The van der Waals surface area contributed by atoms with Gasteiger partial charge in [0.05, 0.1) is 7.11 Å². The quantitative estimate of drug-likeness (QED) is 0.837. The molecule has 0 aromatic heterocycles. The van der Waals surface area contributed by atoms with E-state index < -0.39 is 0 Å². The predicted octanol–water partition coefficient (Wildman–Crippen LogP) is 2.81. The molecule has 0 N–H and O–H groups in total. The second-order valence-corrected chi connectivity index (χ2v) is 7.68. The average Bonchev–Trinajstić information content (AvgIpc) is 2.78. The van der Waals surface area contributed by atoms with Crippen molar-refractivity contribution in [2.75, 3.05) is 60.5 Å². The molecule has 0 saturated carbocycles. The number of hydrogen-bond acceptors (Lipinski definition) is 4. The van der Waals surface area contributed by atoms with Crippen LogP contribution in [-0.2, 0) is 0 Å². The van der Waals surface area contributed by atoms with Crippen LogP contribution in [0.4, 0.5) is 0 Å². The Morgan fingerprint density at radius 3 is 2.60 bits per heavy atom. The summed E-state index contributed by atoms with van der Waals surface area (Å²) in [7, 11) is 6.32. The van der Waals surface area contributed by atoms with Gasteiger partial charge >= 0.3 is 0 Å². The molecular weight excluding hydrogens is 310 g/mol. The highest BCUT2D eigenvalue weighted by Gasteiger charge is 2.39. The van der Waals surface area contributed by atoms with Crippen LogP contribution in [-0.4, -0.2) is 80.7 Å². The van der Waals surface area contributed by atoms with Crippen molar-refractivity contribution in [3.8, 4) is 5.75 Å². The van der Waals surface area contributed by atoms with Gasteiger partial charge in [-0.1, -0.05) is 30.4 Å². The minimum Gasteiger partial charge on any atom is -0.496 e. The maximum atomic E-state index is 5.45. The second kappa shape index (κ2) is 8.35. The number of piperidine rings is 1. The molecule has 0 bridgehead atoms. The first-order chi connectivity index (χ1) is 12.1. The van der Waals surface area contributed by atoms with Gasteiger partial charge in [-0.2, -0.15) is 0 Å². The molecule has 0 amide bonds. The molecule has 138 valence electrons. The molecule has 1 spiro atoms. The normalized spacial score (nSPS) is 23.2. The fourth-order valence-corrected chi connectivity index (χ4v) is 4.25. The molecule has 0 atom stereocenters. The lowest BCUT2D eigenvalue weighted by molar-refractivity contribution is 0.0374. The lowest BCUT2D eigenvalue weighted by atomic mass is 9.85. The zero-order chi connectivity index (χ0) is 17.7. The fourth-order valence-electron chi connectivity index (χ4n) is 4.25. The van der Waals surface area contributed by atoms with Gasteiger partial charge in [-0.3, -0.25) is 9.80 Å². The maximum Gasteiger partial charge on any atom is 0.126 e. The Labute approximate surface area is 153 Å². The van der Waals surface area contributed by atoms with Gasteiger partial charge in [0.2, 0.25) is 0 Å². The molecule has 2 aliphatic rings. The van der Waals surface area contributed by atoms with E-state index in [4.69, 9.17) is 4.74 Å². The van der Waals surface area contributed by atoms with E-state index in [1.807, 2.05) is 12.1 Å². The van der Waals surface area contributed by atoms with Gasteiger partial charge in [-0.25, -0.2) is 0 Å². The van der Waals surface area contributed by atoms with Crippen molar-refractivity contribution in [1.29, 1.82) is 0 Å². The van der Waals surface area contributed by atoms with E-state index in [1.165, 1.54) is 52.0 Å². The highest BCUT2D eigenvalue weighted by molar-refractivity contribution is 5.57. The topological polar surface area (TPSA) is 19.0 Å². The number of likely N-dealkylation sites (N-methyl/N-ethyl adjacent to an activating group) is 1. The molecule has 0 unspecified atom stereocenters. The molecule has 1 aromatic carbocycles. The lowest BCUT2D eigenvalue weighted by Crippen LogP contribution is -2.57. The largest absolute Gasteiger partial charge is 0.496 e. The Hall–Kier alpha value is -1.36. The first kappa shape index (κ1) is 18.4. The first-order valence-electron chi connectivity index (χ1n) is 9.55. The zero-order valence-corrected chi connectivity index (χ0v) is 16.1. The standard InChI is InChI=1S/C21H33N3O/c1-22-16-11-21(12-17-22)18-24(15-7-13-23(21)2)14-6-9-19-8-4-5-10-20(19)25-3/h4-6,8-10H,7,11-18H2,1-3H3/b9-6+. The summed E-state index contributed by atoms with van der Waals surface area (Å²) in [5.74, 6) is 0.945. The SMILES string of the molecule is COc1ccccc1/C=C/CN1CCCN(C)C2(CCN(C)CC2)C1. The summed E-state index contributed by atoms with van der Waals surface area (Å²) in [5.41, 5.74) is 1.52. The van der Waals surface area contributed by atoms with E-state index in [1.54, 1.807) is 7.11 Å². The third-order valence-corrected chi connectivity index (χ3v) is 6.01. The molecule has 0 aliphatic carbocycles. The predicted molar refractivity (Wildman–Crippen MR) is 105 cm³/mol. The van der Waals surface area contributed by atoms with Crippen LogP contribution in [0.15, 0.2) is 30.3 Å². The van der Waals surface area contributed by atoms with Gasteiger partial charge in [0, 0.05) is 24.2 Å². The number of benzene rings is 1. The molecule has 3 rings (SSSR count). The van der Waals surface area contributed by atoms with Gasteiger partial charge in [0.1, 0.15) is 5.75 Å². The van der Waals surface area contributed by atoms with E-state index in [9.17, 15) is 0 Å². The van der Waals surface area contributed by atoms with Crippen LogP contribution in [0.25, 0.3) is 6.08 Å². The lowest BCUT2D eigenvalue weighted by Gasteiger charge is -2.47. The Morgan fingerprint density at radius 2 is 1.84 bits per heavy atom. The molecule has 2 fully saturated rings. The molecule has 2 saturated heterocycles. The number of ether oxygens (including phenoxy) is 1. The van der Waals surface area contributed by atoms with Crippen LogP contribution in [0.1, 0.15) is 24.8 Å². The van der Waals surface area contributed by atoms with Crippen molar-refractivity contribution in [2.45, 2.75) is 24.8 Å². The first-order valence-corrected chi connectivity index (χ1v) is 9.55. The molecule has 0 radical (unpaired) electrons. The third kappa shape index (κ3) is 4.43. The minimum absolute atomic E-state index is 0.362. The Bertz CT molecular complexity index is 578. The number of methoxy groups -OCH3 is 1. The second-order valence-electron chi connectivity index (χ2n) is 7.68. The summed E-state index contributed by atoms with van der Waals surface area (Å²) in [6, 6.07) is 8.22. The van der Waals surface area contributed by atoms with Crippen LogP contribution in [0, 0.1) is 0 Å². The van der Waals surface area contributed by atoms with Crippen molar-refractivity contribution in [2.24, 2.45) is 0 Å². The van der Waals surface area contributed by atoms with Crippen molar-refractivity contribution in [1.82, 2.24) is 14.7 Å². The van der Waals surface area contributed by atoms with Gasteiger partial charge in [0.15, 0.2) is 0 Å².